The van der Waals surface area contributed by atoms with Gasteiger partial charge in [-0.3, -0.25) is 0 Å². The van der Waals surface area contributed by atoms with E-state index < -0.39 is 0 Å². The Labute approximate surface area is 289 Å². The number of nitrogen functional groups attached to an aromatic ring is 2. The van der Waals surface area contributed by atoms with Crippen LogP contribution in [0.5, 0.6) is 23.0 Å². The van der Waals surface area contributed by atoms with Crippen molar-refractivity contribution in [2.75, 3.05) is 11.5 Å². The molecule has 0 aliphatic carbocycles. The molecule has 0 saturated carbocycles. The minimum Gasteiger partial charge on any atom is -0.457 e. The number of benzene rings is 8. The Balaban J connectivity index is 1.14. The van der Waals surface area contributed by atoms with E-state index in [1.807, 2.05) is 72.8 Å². The van der Waals surface area contributed by atoms with Crippen molar-refractivity contribution >= 4 is 43.7 Å². The standard InChI is InChI=1S/C45H31N3O2/c46-34-12-20-38(21-13-34)49-36-16-6-28(7-17-36)42-26-33(27-43(48-42)29-8-18-37(19-9-29)50-39-22-14-35(47)15-23-39)40-24-10-32-5-4-30-2-1-3-31-11-25-41(40)45(32)44(30)31/h1-27H,46-47H2. The van der Waals surface area contributed by atoms with E-state index >= 15 is 0 Å². The summed E-state index contributed by atoms with van der Waals surface area (Å²) in [6.07, 6.45) is 0. The van der Waals surface area contributed by atoms with Crippen LogP contribution in [0.1, 0.15) is 0 Å². The van der Waals surface area contributed by atoms with Crippen molar-refractivity contribution in [2.45, 2.75) is 0 Å². The third-order valence-corrected chi connectivity index (χ3v) is 9.20. The summed E-state index contributed by atoms with van der Waals surface area (Å²) >= 11 is 0. The molecule has 0 saturated heterocycles. The van der Waals surface area contributed by atoms with E-state index in [2.05, 4.69) is 91.0 Å². The molecule has 0 bridgehead atoms. The molecule has 0 aliphatic heterocycles. The molecule has 9 rings (SSSR count). The number of rotatable bonds is 7. The Kier molecular flexibility index (Phi) is 7.03. The predicted octanol–water partition coefficient (Wildman–Crippen LogP) is 11.7. The summed E-state index contributed by atoms with van der Waals surface area (Å²) in [6.45, 7) is 0. The third kappa shape index (κ3) is 5.47. The number of nitrogens with two attached hydrogens (primary N) is 2. The second-order valence-corrected chi connectivity index (χ2v) is 12.5. The molecule has 0 aliphatic rings. The van der Waals surface area contributed by atoms with Crippen LogP contribution in [0.4, 0.5) is 11.4 Å². The van der Waals surface area contributed by atoms with E-state index in [9.17, 15) is 0 Å². The van der Waals surface area contributed by atoms with Gasteiger partial charge in [-0.05, 0) is 153 Å². The molecule has 0 fully saturated rings. The first-order valence-electron chi connectivity index (χ1n) is 16.5. The van der Waals surface area contributed by atoms with Gasteiger partial charge in [-0.1, -0.05) is 54.6 Å². The average Bonchev–Trinajstić information content (AvgIpc) is 3.16. The topological polar surface area (TPSA) is 83.4 Å². The number of nitrogens with zero attached hydrogens (tertiary/aromatic N) is 1. The summed E-state index contributed by atoms with van der Waals surface area (Å²) in [6, 6.07) is 55.1. The van der Waals surface area contributed by atoms with Gasteiger partial charge in [0.05, 0.1) is 11.4 Å². The van der Waals surface area contributed by atoms with E-state index in [-0.39, 0.29) is 0 Å². The Morgan fingerprint density at radius 3 is 1.30 bits per heavy atom. The minimum absolute atomic E-state index is 0.697. The number of ether oxygens (including phenoxy) is 2. The van der Waals surface area contributed by atoms with Gasteiger partial charge in [-0.15, -0.1) is 0 Å². The van der Waals surface area contributed by atoms with Crippen molar-refractivity contribution in [3.05, 3.63) is 164 Å². The molecule has 5 heteroatoms. The Morgan fingerprint density at radius 2 is 0.800 bits per heavy atom. The number of pyridine rings is 1. The van der Waals surface area contributed by atoms with E-state index in [0.29, 0.717) is 11.4 Å². The van der Waals surface area contributed by atoms with Gasteiger partial charge in [-0.25, -0.2) is 4.98 Å². The van der Waals surface area contributed by atoms with Crippen molar-refractivity contribution in [2.24, 2.45) is 0 Å². The van der Waals surface area contributed by atoms with E-state index in [1.54, 1.807) is 0 Å². The monoisotopic (exact) mass is 645 g/mol. The fourth-order valence-corrected chi connectivity index (χ4v) is 6.70. The zero-order valence-corrected chi connectivity index (χ0v) is 27.0. The molecule has 1 heterocycles. The van der Waals surface area contributed by atoms with Crippen LogP contribution in [0.25, 0.3) is 66.0 Å². The highest BCUT2D eigenvalue weighted by Gasteiger charge is 2.15. The van der Waals surface area contributed by atoms with Gasteiger partial charge in [0.2, 0.25) is 0 Å². The number of hydrogen-bond donors (Lipinski definition) is 2. The highest BCUT2D eigenvalue weighted by molar-refractivity contribution is 6.25. The van der Waals surface area contributed by atoms with E-state index in [4.69, 9.17) is 25.9 Å². The molecule has 4 N–H and O–H groups in total. The van der Waals surface area contributed by atoms with Gasteiger partial charge in [0.1, 0.15) is 23.0 Å². The predicted molar refractivity (Wildman–Crippen MR) is 206 cm³/mol. The first-order chi connectivity index (χ1) is 24.5. The maximum atomic E-state index is 6.08. The number of hydrogen-bond acceptors (Lipinski definition) is 5. The molecule has 1 aromatic heterocycles. The molecule has 50 heavy (non-hydrogen) atoms. The molecule has 0 atom stereocenters. The second kappa shape index (κ2) is 12.0. The molecule has 8 aromatic carbocycles. The lowest BCUT2D eigenvalue weighted by atomic mass is 9.89. The van der Waals surface area contributed by atoms with E-state index in [0.717, 1.165) is 56.6 Å². The van der Waals surface area contributed by atoms with Gasteiger partial charge in [0.15, 0.2) is 0 Å². The number of anilines is 2. The molecule has 9 aromatic rings. The fraction of sp³-hybridized carbons (Fsp3) is 0. The lowest BCUT2D eigenvalue weighted by Crippen LogP contribution is -1.93. The van der Waals surface area contributed by atoms with Crippen LogP contribution >= 0.6 is 0 Å². The number of aromatic nitrogens is 1. The van der Waals surface area contributed by atoms with Crippen molar-refractivity contribution in [1.82, 2.24) is 4.98 Å². The Bertz CT molecular complexity index is 2510. The normalized spacial score (nSPS) is 11.4. The van der Waals surface area contributed by atoms with Crippen LogP contribution in [-0.2, 0) is 0 Å². The van der Waals surface area contributed by atoms with Crippen LogP contribution < -0.4 is 20.9 Å². The zero-order valence-electron chi connectivity index (χ0n) is 27.0. The maximum Gasteiger partial charge on any atom is 0.127 e. The molecule has 0 spiro atoms. The van der Waals surface area contributed by atoms with Gasteiger partial charge in [0.25, 0.3) is 0 Å². The molecule has 238 valence electrons. The molecular weight excluding hydrogens is 615 g/mol. The summed E-state index contributed by atoms with van der Waals surface area (Å²) < 4.78 is 12.2. The van der Waals surface area contributed by atoms with Crippen molar-refractivity contribution in [3.8, 4) is 56.6 Å². The average molecular weight is 646 g/mol. The molecular formula is C45H31N3O2. The highest BCUT2D eigenvalue weighted by atomic mass is 16.5. The fourth-order valence-electron chi connectivity index (χ4n) is 6.70. The summed E-state index contributed by atoms with van der Waals surface area (Å²) in [4.78, 5) is 5.20. The first-order valence-corrected chi connectivity index (χ1v) is 16.5. The van der Waals surface area contributed by atoms with Crippen LogP contribution in [0.15, 0.2) is 164 Å². The molecule has 0 unspecified atom stereocenters. The molecule has 0 amide bonds. The van der Waals surface area contributed by atoms with Gasteiger partial charge < -0.3 is 20.9 Å². The quantitative estimate of drug-likeness (QED) is 0.133. The van der Waals surface area contributed by atoms with Crippen molar-refractivity contribution in [1.29, 1.82) is 0 Å². The summed E-state index contributed by atoms with van der Waals surface area (Å²) in [5, 5.41) is 7.52. The van der Waals surface area contributed by atoms with Crippen molar-refractivity contribution in [3.63, 3.8) is 0 Å². The third-order valence-electron chi connectivity index (χ3n) is 9.20. The molecule has 5 nitrogen and oxygen atoms in total. The van der Waals surface area contributed by atoms with Crippen LogP contribution in [0.2, 0.25) is 0 Å². The van der Waals surface area contributed by atoms with Gasteiger partial charge in [-0.2, -0.15) is 0 Å². The highest BCUT2D eigenvalue weighted by Crippen LogP contribution is 2.41. The lowest BCUT2D eigenvalue weighted by Gasteiger charge is -2.16. The second-order valence-electron chi connectivity index (χ2n) is 12.5. The minimum atomic E-state index is 0.697. The SMILES string of the molecule is Nc1ccc(Oc2ccc(-c3cc(-c4ccc5ccc6cccc7ccc4c5c67)cc(-c4ccc(Oc5ccc(N)cc5)cc4)n3)cc2)cc1. The van der Waals surface area contributed by atoms with Gasteiger partial charge in [0, 0.05) is 22.5 Å². The largest absolute Gasteiger partial charge is 0.457 e. The summed E-state index contributed by atoms with van der Waals surface area (Å²) in [5.41, 5.74) is 19.0. The van der Waals surface area contributed by atoms with Gasteiger partial charge >= 0.3 is 0 Å². The smallest absolute Gasteiger partial charge is 0.127 e. The maximum absolute atomic E-state index is 6.08. The molecule has 0 radical (unpaired) electrons. The first kappa shape index (κ1) is 29.3. The Hall–Kier alpha value is -6.85. The van der Waals surface area contributed by atoms with Crippen molar-refractivity contribution < 1.29 is 9.47 Å². The summed E-state index contributed by atoms with van der Waals surface area (Å²) in [7, 11) is 0. The Morgan fingerprint density at radius 1 is 0.380 bits per heavy atom. The summed E-state index contributed by atoms with van der Waals surface area (Å²) in [5.74, 6) is 2.93. The van der Waals surface area contributed by atoms with Crippen LogP contribution in [0, 0.1) is 0 Å². The van der Waals surface area contributed by atoms with Crippen LogP contribution in [-0.4, -0.2) is 4.98 Å². The van der Waals surface area contributed by atoms with Crippen LogP contribution in [0.3, 0.4) is 0 Å². The lowest BCUT2D eigenvalue weighted by molar-refractivity contribution is 0.482. The zero-order chi connectivity index (χ0) is 33.6. The van der Waals surface area contributed by atoms with E-state index in [1.165, 1.54) is 32.3 Å².